The van der Waals surface area contributed by atoms with E-state index in [4.69, 9.17) is 0 Å². The Hall–Kier alpha value is -3.03. The molecule has 0 unspecified atom stereocenters. The third-order valence-corrected chi connectivity index (χ3v) is 3.24. The van der Waals surface area contributed by atoms with E-state index < -0.39 is 18.0 Å². The average Bonchev–Trinajstić information content (AvgIpc) is 2.54. The van der Waals surface area contributed by atoms with Gasteiger partial charge in [0, 0.05) is 17.8 Å². The van der Waals surface area contributed by atoms with Gasteiger partial charge in [0.25, 0.3) is 5.91 Å². The summed E-state index contributed by atoms with van der Waals surface area (Å²) < 4.78 is 41.2. The molecule has 0 aliphatic carbocycles. The topological polar surface area (TPSA) is 67.4 Å². The van der Waals surface area contributed by atoms with Crippen LogP contribution >= 0.6 is 0 Å². The van der Waals surface area contributed by atoms with Crippen molar-refractivity contribution in [2.24, 2.45) is 0 Å². The number of para-hydroxylation sites is 1. The third-order valence-electron chi connectivity index (χ3n) is 3.24. The molecule has 0 heterocycles. The molecule has 5 nitrogen and oxygen atoms in total. The van der Waals surface area contributed by atoms with E-state index in [1.165, 1.54) is 24.3 Å². The smallest absolute Gasteiger partial charge is 0.405 e. The molecular weight excluding hydrogens is 349 g/mol. The second-order valence-corrected chi connectivity index (χ2v) is 5.38. The number of rotatable bonds is 6. The van der Waals surface area contributed by atoms with Crippen LogP contribution in [-0.2, 0) is 4.79 Å². The number of carbonyl (C=O) groups is 2. The van der Waals surface area contributed by atoms with Crippen molar-refractivity contribution in [3.8, 4) is 5.75 Å². The van der Waals surface area contributed by atoms with Crippen molar-refractivity contribution in [1.82, 2.24) is 0 Å². The highest BCUT2D eigenvalue weighted by Crippen LogP contribution is 2.27. The molecule has 2 rings (SSSR count). The predicted molar refractivity (Wildman–Crippen MR) is 91.1 cm³/mol. The van der Waals surface area contributed by atoms with E-state index in [1.807, 2.05) is 6.92 Å². The van der Waals surface area contributed by atoms with Gasteiger partial charge in [0.1, 0.15) is 5.75 Å². The molecule has 8 heteroatoms. The highest BCUT2D eigenvalue weighted by Gasteiger charge is 2.32. The normalized spacial score (nSPS) is 10.9. The Kier molecular flexibility index (Phi) is 6.21. The molecule has 0 aliphatic rings. The quantitative estimate of drug-likeness (QED) is 0.787. The molecule has 2 aromatic rings. The van der Waals surface area contributed by atoms with Gasteiger partial charge in [-0.15, -0.1) is 13.2 Å². The number of halogens is 3. The molecule has 2 aromatic carbocycles. The van der Waals surface area contributed by atoms with Crippen LogP contribution in [0.3, 0.4) is 0 Å². The van der Waals surface area contributed by atoms with Gasteiger partial charge in [0.05, 0.1) is 5.56 Å². The number of anilines is 2. The molecule has 0 aromatic heterocycles. The molecule has 0 radical (unpaired) electrons. The van der Waals surface area contributed by atoms with Crippen molar-refractivity contribution in [2.75, 3.05) is 10.6 Å². The predicted octanol–water partition coefficient (Wildman–Crippen LogP) is 4.58. The van der Waals surface area contributed by atoms with Gasteiger partial charge in [-0.1, -0.05) is 25.1 Å². The lowest BCUT2D eigenvalue weighted by molar-refractivity contribution is -0.274. The van der Waals surface area contributed by atoms with Gasteiger partial charge < -0.3 is 15.4 Å². The Labute approximate surface area is 148 Å². The van der Waals surface area contributed by atoms with Gasteiger partial charge >= 0.3 is 6.36 Å². The molecule has 2 N–H and O–H groups in total. The second kappa shape index (κ2) is 8.37. The van der Waals surface area contributed by atoms with Crippen LogP contribution in [0.15, 0.2) is 48.5 Å². The number of nitrogens with one attached hydrogen (secondary N) is 2. The summed E-state index contributed by atoms with van der Waals surface area (Å²) in [5.41, 5.74) is 0.539. The van der Waals surface area contributed by atoms with E-state index in [-0.39, 0.29) is 11.5 Å². The van der Waals surface area contributed by atoms with Gasteiger partial charge in [0.15, 0.2) is 0 Å². The molecule has 0 spiro atoms. The molecule has 0 aliphatic heterocycles. The van der Waals surface area contributed by atoms with Crippen LogP contribution in [-0.4, -0.2) is 18.2 Å². The SMILES string of the molecule is CCCC(=O)Nc1cccc(NC(=O)c2ccccc2OC(F)(F)F)c1. The van der Waals surface area contributed by atoms with E-state index in [9.17, 15) is 22.8 Å². The van der Waals surface area contributed by atoms with Crippen LogP contribution in [0.4, 0.5) is 24.5 Å². The first-order valence-electron chi connectivity index (χ1n) is 7.84. The van der Waals surface area contributed by atoms with E-state index in [0.29, 0.717) is 24.2 Å². The summed E-state index contributed by atoms with van der Waals surface area (Å²) in [5, 5.41) is 5.17. The molecule has 0 fully saturated rings. The molecule has 0 atom stereocenters. The Morgan fingerprint density at radius 2 is 1.65 bits per heavy atom. The van der Waals surface area contributed by atoms with E-state index in [1.54, 1.807) is 18.2 Å². The number of carbonyl (C=O) groups excluding carboxylic acids is 2. The third kappa shape index (κ3) is 5.80. The Morgan fingerprint density at radius 1 is 1.00 bits per heavy atom. The molecule has 0 saturated carbocycles. The van der Waals surface area contributed by atoms with E-state index in [2.05, 4.69) is 15.4 Å². The zero-order valence-corrected chi connectivity index (χ0v) is 13.9. The lowest BCUT2D eigenvalue weighted by Gasteiger charge is -2.13. The number of amides is 2. The number of hydrogen-bond donors (Lipinski definition) is 2. The fourth-order valence-electron chi connectivity index (χ4n) is 2.19. The highest BCUT2D eigenvalue weighted by atomic mass is 19.4. The molecule has 138 valence electrons. The zero-order chi connectivity index (χ0) is 19.2. The van der Waals surface area contributed by atoms with Gasteiger partial charge in [-0.25, -0.2) is 0 Å². The van der Waals surface area contributed by atoms with Crippen LogP contribution in [0.25, 0.3) is 0 Å². The molecule has 26 heavy (non-hydrogen) atoms. The minimum atomic E-state index is -4.90. The molecule has 2 amide bonds. The zero-order valence-electron chi connectivity index (χ0n) is 13.9. The second-order valence-electron chi connectivity index (χ2n) is 5.38. The van der Waals surface area contributed by atoms with Crippen LogP contribution in [0.2, 0.25) is 0 Å². The number of ether oxygens (including phenoxy) is 1. The molecule has 0 saturated heterocycles. The molecular formula is C18H17F3N2O3. The van der Waals surface area contributed by atoms with E-state index >= 15 is 0 Å². The number of benzene rings is 2. The summed E-state index contributed by atoms with van der Waals surface area (Å²) in [4.78, 5) is 23.9. The maximum absolute atomic E-state index is 12.5. The van der Waals surface area contributed by atoms with Crippen LogP contribution in [0, 0.1) is 0 Å². The highest BCUT2D eigenvalue weighted by molar-refractivity contribution is 6.06. The summed E-state index contributed by atoms with van der Waals surface area (Å²) in [7, 11) is 0. The van der Waals surface area contributed by atoms with Crippen LogP contribution in [0.1, 0.15) is 30.1 Å². The maximum atomic E-state index is 12.5. The minimum absolute atomic E-state index is 0.167. The first kappa shape index (κ1) is 19.3. The summed E-state index contributed by atoms with van der Waals surface area (Å²) in [6.45, 7) is 1.87. The van der Waals surface area contributed by atoms with Gasteiger partial charge in [-0.2, -0.15) is 0 Å². The summed E-state index contributed by atoms with van der Waals surface area (Å²) in [6, 6.07) is 11.4. The van der Waals surface area contributed by atoms with Crippen LogP contribution in [0.5, 0.6) is 5.75 Å². The fourth-order valence-corrected chi connectivity index (χ4v) is 2.19. The lowest BCUT2D eigenvalue weighted by atomic mass is 10.1. The van der Waals surface area contributed by atoms with Crippen molar-refractivity contribution < 1.29 is 27.5 Å². The fraction of sp³-hybridized carbons (Fsp3) is 0.222. The largest absolute Gasteiger partial charge is 0.573 e. The van der Waals surface area contributed by atoms with Gasteiger partial charge in [-0.3, -0.25) is 9.59 Å². The van der Waals surface area contributed by atoms with E-state index in [0.717, 1.165) is 6.07 Å². The number of hydrogen-bond acceptors (Lipinski definition) is 3. The summed E-state index contributed by atoms with van der Waals surface area (Å²) in [6.07, 6.45) is -3.85. The lowest BCUT2D eigenvalue weighted by Crippen LogP contribution is -2.21. The first-order valence-corrected chi connectivity index (χ1v) is 7.84. The monoisotopic (exact) mass is 366 g/mol. The van der Waals surface area contributed by atoms with Gasteiger partial charge in [0.2, 0.25) is 5.91 Å². The Bertz CT molecular complexity index is 791. The Morgan fingerprint density at radius 3 is 2.31 bits per heavy atom. The average molecular weight is 366 g/mol. The Balaban J connectivity index is 2.14. The number of alkyl halides is 3. The van der Waals surface area contributed by atoms with Crippen molar-refractivity contribution in [2.45, 2.75) is 26.1 Å². The van der Waals surface area contributed by atoms with Gasteiger partial charge in [-0.05, 0) is 36.8 Å². The summed E-state index contributed by atoms with van der Waals surface area (Å²) >= 11 is 0. The van der Waals surface area contributed by atoms with Crippen molar-refractivity contribution in [3.63, 3.8) is 0 Å². The summed E-state index contributed by atoms with van der Waals surface area (Å²) in [5.74, 6) is -1.52. The minimum Gasteiger partial charge on any atom is -0.405 e. The van der Waals surface area contributed by atoms with Crippen molar-refractivity contribution >= 4 is 23.2 Å². The van der Waals surface area contributed by atoms with Crippen LogP contribution < -0.4 is 15.4 Å². The first-order chi connectivity index (χ1) is 12.3. The van der Waals surface area contributed by atoms with Crippen molar-refractivity contribution in [1.29, 1.82) is 0 Å². The van der Waals surface area contributed by atoms with Crippen molar-refractivity contribution in [3.05, 3.63) is 54.1 Å². The maximum Gasteiger partial charge on any atom is 0.573 e. The standard InChI is InChI=1S/C18H17F3N2O3/c1-2-6-16(24)22-12-7-5-8-13(11-12)23-17(25)14-9-3-4-10-15(14)26-18(19,20)21/h3-5,7-11H,2,6H2,1H3,(H,22,24)(H,23,25). The molecule has 0 bridgehead atoms.